The molecule has 2 heteroatoms. The van der Waals surface area contributed by atoms with Crippen LogP contribution in [0.25, 0.3) is 10.8 Å². The van der Waals surface area contributed by atoms with Crippen LogP contribution in [-0.4, -0.2) is 17.8 Å². The van der Waals surface area contributed by atoms with Gasteiger partial charge in [-0.15, -0.1) is 0 Å². The highest BCUT2D eigenvalue weighted by molar-refractivity contribution is 5.84. The molecule has 1 aliphatic rings. The van der Waals surface area contributed by atoms with Gasteiger partial charge in [-0.2, -0.15) is 0 Å². The molecule has 0 radical (unpaired) electrons. The molecule has 2 aromatic carbocycles. The van der Waals surface area contributed by atoms with Gasteiger partial charge >= 0.3 is 0 Å². The molecule has 0 bridgehead atoms. The Morgan fingerprint density at radius 2 is 1.72 bits per heavy atom. The number of hydrogen-bond acceptors (Lipinski definition) is 2. The number of hydrogen-bond donors (Lipinski definition) is 1. The molecule has 2 unspecified atom stereocenters. The second kappa shape index (κ2) is 7.78. The molecule has 0 amide bonds. The summed E-state index contributed by atoms with van der Waals surface area (Å²) in [6, 6.07) is 12.8. The lowest BCUT2D eigenvalue weighted by Gasteiger charge is -2.29. The van der Waals surface area contributed by atoms with Gasteiger partial charge in [-0.25, -0.2) is 0 Å². The van der Waals surface area contributed by atoms with E-state index in [1.54, 1.807) is 0 Å². The molecule has 1 N–H and O–H groups in total. The molecule has 25 heavy (non-hydrogen) atoms. The minimum absolute atomic E-state index is 0.198. The van der Waals surface area contributed by atoms with Gasteiger partial charge in [0.15, 0.2) is 0 Å². The van der Waals surface area contributed by atoms with Crippen molar-refractivity contribution in [2.45, 2.75) is 65.4 Å². The molecular formula is C23H32O2. The SMILES string of the molecule is CC(C)(C)C1CCCC(Oc2ccc3cc(CCO)ccc3c2)CC1. The highest BCUT2D eigenvalue weighted by Crippen LogP contribution is 2.37. The summed E-state index contributed by atoms with van der Waals surface area (Å²) in [5, 5.41) is 11.5. The van der Waals surface area contributed by atoms with Crippen molar-refractivity contribution in [3.05, 3.63) is 42.0 Å². The molecule has 136 valence electrons. The first-order valence-electron chi connectivity index (χ1n) is 9.76. The predicted molar refractivity (Wildman–Crippen MR) is 105 cm³/mol. The van der Waals surface area contributed by atoms with Crippen LogP contribution in [0.1, 0.15) is 58.4 Å². The number of aliphatic hydroxyl groups is 1. The van der Waals surface area contributed by atoms with Gasteiger partial charge in [0.1, 0.15) is 5.75 Å². The Balaban J connectivity index is 1.67. The van der Waals surface area contributed by atoms with Gasteiger partial charge in [0.25, 0.3) is 0 Å². The van der Waals surface area contributed by atoms with Gasteiger partial charge in [-0.3, -0.25) is 0 Å². The van der Waals surface area contributed by atoms with Crippen molar-refractivity contribution in [2.75, 3.05) is 6.61 Å². The lowest BCUT2D eigenvalue weighted by molar-refractivity contribution is 0.171. The number of ether oxygens (including phenoxy) is 1. The summed E-state index contributed by atoms with van der Waals surface area (Å²) in [5.74, 6) is 1.80. The third kappa shape index (κ3) is 4.76. The van der Waals surface area contributed by atoms with Gasteiger partial charge < -0.3 is 9.84 Å². The van der Waals surface area contributed by atoms with Crippen LogP contribution in [0.3, 0.4) is 0 Å². The van der Waals surface area contributed by atoms with Crippen molar-refractivity contribution >= 4 is 10.8 Å². The Hall–Kier alpha value is -1.54. The topological polar surface area (TPSA) is 29.5 Å². The summed E-state index contributed by atoms with van der Waals surface area (Å²) in [6.07, 6.45) is 7.25. The van der Waals surface area contributed by atoms with E-state index in [2.05, 4.69) is 57.2 Å². The fourth-order valence-electron chi connectivity index (χ4n) is 4.08. The van der Waals surface area contributed by atoms with Gasteiger partial charge in [-0.05, 0) is 78.3 Å². The molecule has 0 spiro atoms. The van der Waals surface area contributed by atoms with E-state index in [1.807, 2.05) is 0 Å². The maximum atomic E-state index is 9.09. The zero-order valence-electron chi connectivity index (χ0n) is 15.9. The fraction of sp³-hybridized carbons (Fsp3) is 0.565. The van der Waals surface area contributed by atoms with Crippen LogP contribution in [0.4, 0.5) is 0 Å². The van der Waals surface area contributed by atoms with E-state index in [9.17, 15) is 0 Å². The van der Waals surface area contributed by atoms with Crippen LogP contribution in [0.15, 0.2) is 36.4 Å². The summed E-state index contributed by atoms with van der Waals surface area (Å²) >= 11 is 0. The van der Waals surface area contributed by atoms with Crippen LogP contribution >= 0.6 is 0 Å². The van der Waals surface area contributed by atoms with Crippen LogP contribution in [0.5, 0.6) is 5.75 Å². The number of rotatable bonds is 4. The third-order valence-electron chi connectivity index (χ3n) is 5.72. The molecule has 1 aliphatic carbocycles. The number of fused-ring (bicyclic) bond motifs is 1. The highest BCUT2D eigenvalue weighted by Gasteiger charge is 2.28. The monoisotopic (exact) mass is 340 g/mol. The lowest BCUT2D eigenvalue weighted by atomic mass is 9.76. The van der Waals surface area contributed by atoms with E-state index in [4.69, 9.17) is 9.84 Å². The third-order valence-corrected chi connectivity index (χ3v) is 5.72. The molecule has 1 saturated carbocycles. The van der Waals surface area contributed by atoms with Crippen molar-refractivity contribution in [3.63, 3.8) is 0 Å². The average molecular weight is 341 g/mol. The van der Waals surface area contributed by atoms with Crippen molar-refractivity contribution in [2.24, 2.45) is 11.3 Å². The molecule has 0 heterocycles. The molecule has 1 fully saturated rings. The quantitative estimate of drug-likeness (QED) is 0.718. The second-order valence-corrected chi connectivity index (χ2v) is 8.63. The summed E-state index contributed by atoms with van der Waals surface area (Å²) in [4.78, 5) is 0. The summed E-state index contributed by atoms with van der Waals surface area (Å²) in [7, 11) is 0. The normalized spacial score (nSPS) is 21.9. The predicted octanol–water partition coefficient (Wildman–Crippen LogP) is 5.75. The average Bonchev–Trinajstić information content (AvgIpc) is 2.81. The van der Waals surface area contributed by atoms with Crippen LogP contribution in [0.2, 0.25) is 0 Å². The molecule has 3 rings (SSSR count). The zero-order valence-corrected chi connectivity index (χ0v) is 15.9. The number of benzene rings is 2. The maximum absolute atomic E-state index is 9.09. The molecule has 2 aromatic rings. The van der Waals surface area contributed by atoms with E-state index in [1.165, 1.54) is 42.0 Å². The minimum atomic E-state index is 0.198. The summed E-state index contributed by atoms with van der Waals surface area (Å²) in [6.45, 7) is 7.30. The summed E-state index contributed by atoms with van der Waals surface area (Å²) < 4.78 is 6.34. The van der Waals surface area contributed by atoms with Crippen molar-refractivity contribution in [1.82, 2.24) is 0 Å². The molecule has 0 aromatic heterocycles. The smallest absolute Gasteiger partial charge is 0.120 e. The van der Waals surface area contributed by atoms with Crippen molar-refractivity contribution in [1.29, 1.82) is 0 Å². The van der Waals surface area contributed by atoms with E-state index in [0.717, 1.165) is 18.1 Å². The second-order valence-electron chi connectivity index (χ2n) is 8.63. The van der Waals surface area contributed by atoms with E-state index in [-0.39, 0.29) is 6.61 Å². The van der Waals surface area contributed by atoms with E-state index < -0.39 is 0 Å². The molecule has 2 atom stereocenters. The fourth-order valence-corrected chi connectivity index (χ4v) is 4.08. The van der Waals surface area contributed by atoms with Gasteiger partial charge in [0.2, 0.25) is 0 Å². The van der Waals surface area contributed by atoms with Crippen molar-refractivity contribution in [3.8, 4) is 5.75 Å². The molecule has 0 saturated heterocycles. The first-order valence-corrected chi connectivity index (χ1v) is 9.76. The Bertz CT molecular complexity index is 699. The lowest BCUT2D eigenvalue weighted by Crippen LogP contribution is -2.20. The van der Waals surface area contributed by atoms with E-state index in [0.29, 0.717) is 17.9 Å². The van der Waals surface area contributed by atoms with E-state index >= 15 is 0 Å². The van der Waals surface area contributed by atoms with Crippen LogP contribution < -0.4 is 4.74 Å². The van der Waals surface area contributed by atoms with Crippen molar-refractivity contribution < 1.29 is 9.84 Å². The first-order chi connectivity index (χ1) is 12.0. The zero-order chi connectivity index (χ0) is 17.9. The summed E-state index contributed by atoms with van der Waals surface area (Å²) in [5.41, 5.74) is 1.59. The Morgan fingerprint density at radius 1 is 0.960 bits per heavy atom. The molecular weight excluding hydrogens is 308 g/mol. The standard InChI is InChI=1S/C23H32O2/c1-23(2,3)20-5-4-6-21(12-10-20)25-22-11-9-18-15-17(13-14-24)7-8-19(18)16-22/h7-9,11,15-16,20-21,24H,4-6,10,12-14H2,1-3H3. The number of aliphatic hydroxyl groups excluding tert-OH is 1. The Morgan fingerprint density at radius 3 is 2.48 bits per heavy atom. The first kappa shape index (κ1) is 18.3. The maximum Gasteiger partial charge on any atom is 0.120 e. The minimum Gasteiger partial charge on any atom is -0.490 e. The van der Waals surface area contributed by atoms with Gasteiger partial charge in [0.05, 0.1) is 6.10 Å². The van der Waals surface area contributed by atoms with Crippen LogP contribution in [-0.2, 0) is 6.42 Å². The highest BCUT2D eigenvalue weighted by atomic mass is 16.5. The molecule has 2 nitrogen and oxygen atoms in total. The Kier molecular flexibility index (Phi) is 5.68. The van der Waals surface area contributed by atoms with Gasteiger partial charge in [0, 0.05) is 6.61 Å². The Labute approximate surface area is 152 Å². The largest absolute Gasteiger partial charge is 0.490 e. The van der Waals surface area contributed by atoms with Gasteiger partial charge in [-0.1, -0.05) is 45.0 Å². The van der Waals surface area contributed by atoms with Crippen LogP contribution in [0, 0.1) is 11.3 Å². The molecule has 0 aliphatic heterocycles.